The molecule has 1 aromatic carbocycles. The van der Waals surface area contributed by atoms with Crippen molar-refractivity contribution in [1.29, 1.82) is 0 Å². The lowest BCUT2D eigenvalue weighted by Crippen LogP contribution is -2.53. The third kappa shape index (κ3) is 2.48. The molecule has 1 heterocycles. The Kier molecular flexibility index (Phi) is 3.48. The minimum atomic E-state index is -0.181. The lowest BCUT2D eigenvalue weighted by molar-refractivity contribution is -0.103. The fourth-order valence-electron chi connectivity index (χ4n) is 3.66. The quantitative estimate of drug-likeness (QED) is 0.871. The van der Waals surface area contributed by atoms with Crippen LogP contribution in [-0.2, 0) is 4.74 Å². The van der Waals surface area contributed by atoms with Crippen LogP contribution in [0.3, 0.4) is 0 Å². The van der Waals surface area contributed by atoms with E-state index in [0.29, 0.717) is 12.1 Å². The van der Waals surface area contributed by atoms with Gasteiger partial charge in [-0.15, -0.1) is 0 Å². The molecule has 3 unspecified atom stereocenters. The summed E-state index contributed by atoms with van der Waals surface area (Å²) in [6.45, 7) is 3.25. The number of anilines is 1. The molecule has 1 aliphatic carbocycles. The molecular weight excluding hydrogens is 241 g/mol. The molecule has 1 saturated carbocycles. The summed E-state index contributed by atoms with van der Waals surface area (Å²) in [5, 5.41) is 3.60. The first kappa shape index (κ1) is 12.9. The van der Waals surface area contributed by atoms with E-state index in [0.717, 1.165) is 18.7 Å². The van der Waals surface area contributed by atoms with E-state index in [4.69, 9.17) is 4.74 Å². The Balaban J connectivity index is 1.77. The molecule has 1 aliphatic heterocycles. The van der Waals surface area contributed by atoms with Crippen molar-refractivity contribution < 1.29 is 9.13 Å². The van der Waals surface area contributed by atoms with Gasteiger partial charge in [0, 0.05) is 23.8 Å². The summed E-state index contributed by atoms with van der Waals surface area (Å²) in [7, 11) is 0. The van der Waals surface area contributed by atoms with Crippen molar-refractivity contribution in [1.82, 2.24) is 0 Å². The largest absolute Gasteiger partial charge is 0.382 e. The van der Waals surface area contributed by atoms with E-state index in [1.807, 2.05) is 12.1 Å². The Hall–Kier alpha value is -1.09. The molecule has 1 aromatic rings. The number of hydrogen-bond donors (Lipinski definition) is 1. The molecular formula is C16H22FNO. The smallest absolute Gasteiger partial charge is 0.123 e. The molecule has 0 radical (unpaired) electrons. The van der Waals surface area contributed by atoms with Crippen LogP contribution in [0.25, 0.3) is 0 Å². The summed E-state index contributed by atoms with van der Waals surface area (Å²) >= 11 is 0. The van der Waals surface area contributed by atoms with Gasteiger partial charge in [0.25, 0.3) is 0 Å². The van der Waals surface area contributed by atoms with Crippen molar-refractivity contribution in [2.24, 2.45) is 5.41 Å². The number of rotatable bonds is 2. The highest BCUT2D eigenvalue weighted by Gasteiger charge is 2.46. The molecule has 0 spiro atoms. The van der Waals surface area contributed by atoms with Gasteiger partial charge in [-0.05, 0) is 56.4 Å². The van der Waals surface area contributed by atoms with Gasteiger partial charge in [-0.25, -0.2) is 4.39 Å². The molecule has 2 aliphatic rings. The van der Waals surface area contributed by atoms with Gasteiger partial charge in [0.2, 0.25) is 0 Å². The summed E-state index contributed by atoms with van der Waals surface area (Å²) in [5.74, 6) is -0.181. The number of nitrogens with one attached hydrogen (secondary N) is 1. The average Bonchev–Trinajstić information content (AvgIpc) is 2.42. The summed E-state index contributed by atoms with van der Waals surface area (Å²) < 4.78 is 18.9. The van der Waals surface area contributed by atoms with Crippen molar-refractivity contribution in [3.63, 3.8) is 0 Å². The average molecular weight is 263 g/mol. The highest BCUT2D eigenvalue weighted by atomic mass is 19.1. The zero-order chi connectivity index (χ0) is 13.3. The monoisotopic (exact) mass is 263 g/mol. The maximum Gasteiger partial charge on any atom is 0.123 e. The van der Waals surface area contributed by atoms with Crippen molar-refractivity contribution in [2.75, 3.05) is 11.9 Å². The van der Waals surface area contributed by atoms with Gasteiger partial charge in [-0.2, -0.15) is 0 Å². The van der Waals surface area contributed by atoms with Crippen LogP contribution in [0.2, 0.25) is 0 Å². The standard InChI is InChI=1S/C16H22FNO/c1-16-10-3-11-19-15(16)5-2-4-14(16)18-13-8-6-12(17)7-9-13/h6-9,14-15,18H,2-5,10-11H2,1H3. The van der Waals surface area contributed by atoms with E-state index in [1.165, 1.54) is 37.8 Å². The second kappa shape index (κ2) is 5.12. The Morgan fingerprint density at radius 2 is 2.00 bits per heavy atom. The molecule has 104 valence electrons. The zero-order valence-electron chi connectivity index (χ0n) is 11.5. The molecule has 19 heavy (non-hydrogen) atoms. The highest BCUT2D eigenvalue weighted by molar-refractivity contribution is 5.44. The SMILES string of the molecule is CC12CCCOC1CCCC2Nc1ccc(F)cc1. The van der Waals surface area contributed by atoms with Crippen molar-refractivity contribution in [3.05, 3.63) is 30.1 Å². The van der Waals surface area contributed by atoms with Crippen molar-refractivity contribution >= 4 is 5.69 Å². The second-order valence-electron chi connectivity index (χ2n) is 6.10. The molecule has 0 aromatic heterocycles. The molecule has 3 atom stereocenters. The number of halogens is 1. The highest BCUT2D eigenvalue weighted by Crippen LogP contribution is 2.45. The molecule has 0 amide bonds. The van der Waals surface area contributed by atoms with E-state index >= 15 is 0 Å². The second-order valence-corrected chi connectivity index (χ2v) is 6.10. The molecule has 3 heteroatoms. The van der Waals surface area contributed by atoms with E-state index in [-0.39, 0.29) is 11.2 Å². The maximum atomic E-state index is 13.0. The zero-order valence-corrected chi connectivity index (χ0v) is 11.5. The predicted octanol–water partition coefficient (Wildman–Crippen LogP) is 3.98. The van der Waals surface area contributed by atoms with E-state index in [2.05, 4.69) is 12.2 Å². The summed E-state index contributed by atoms with van der Waals surface area (Å²) in [6, 6.07) is 7.11. The first-order chi connectivity index (χ1) is 9.18. The third-order valence-electron chi connectivity index (χ3n) is 4.85. The summed E-state index contributed by atoms with van der Waals surface area (Å²) in [6.07, 6.45) is 6.31. The lowest BCUT2D eigenvalue weighted by Gasteiger charge is -2.50. The number of benzene rings is 1. The Morgan fingerprint density at radius 1 is 1.21 bits per heavy atom. The van der Waals surface area contributed by atoms with Gasteiger partial charge in [-0.3, -0.25) is 0 Å². The van der Waals surface area contributed by atoms with Crippen LogP contribution in [0, 0.1) is 11.2 Å². The van der Waals surface area contributed by atoms with Crippen molar-refractivity contribution in [3.8, 4) is 0 Å². The number of fused-ring (bicyclic) bond motifs is 1. The molecule has 2 fully saturated rings. The van der Waals surface area contributed by atoms with Crippen LogP contribution < -0.4 is 5.32 Å². The first-order valence-electron chi connectivity index (χ1n) is 7.32. The van der Waals surface area contributed by atoms with Gasteiger partial charge in [0.15, 0.2) is 0 Å². The topological polar surface area (TPSA) is 21.3 Å². The summed E-state index contributed by atoms with van der Waals surface area (Å²) in [4.78, 5) is 0. The van der Waals surface area contributed by atoms with Gasteiger partial charge in [0.05, 0.1) is 6.10 Å². The molecule has 1 saturated heterocycles. The fourth-order valence-corrected chi connectivity index (χ4v) is 3.66. The lowest BCUT2D eigenvalue weighted by atomic mass is 9.66. The van der Waals surface area contributed by atoms with Crippen LogP contribution >= 0.6 is 0 Å². The van der Waals surface area contributed by atoms with E-state index in [1.54, 1.807) is 0 Å². The number of ether oxygens (including phenoxy) is 1. The Bertz CT molecular complexity index is 431. The third-order valence-corrected chi connectivity index (χ3v) is 4.85. The van der Waals surface area contributed by atoms with E-state index in [9.17, 15) is 4.39 Å². The Labute approximate surface area is 114 Å². The van der Waals surface area contributed by atoms with E-state index < -0.39 is 0 Å². The Morgan fingerprint density at radius 3 is 2.79 bits per heavy atom. The molecule has 2 nitrogen and oxygen atoms in total. The van der Waals surface area contributed by atoms with Crippen LogP contribution in [0.4, 0.5) is 10.1 Å². The van der Waals surface area contributed by atoms with Gasteiger partial charge in [-0.1, -0.05) is 6.92 Å². The van der Waals surface area contributed by atoms with Gasteiger partial charge < -0.3 is 10.1 Å². The fraction of sp³-hybridized carbons (Fsp3) is 0.625. The van der Waals surface area contributed by atoms with Crippen LogP contribution in [-0.4, -0.2) is 18.8 Å². The maximum absolute atomic E-state index is 13.0. The number of hydrogen-bond acceptors (Lipinski definition) is 2. The minimum absolute atomic E-state index is 0.181. The molecule has 0 bridgehead atoms. The normalized spacial score (nSPS) is 34.6. The molecule has 1 N–H and O–H groups in total. The van der Waals surface area contributed by atoms with Crippen LogP contribution in [0.5, 0.6) is 0 Å². The van der Waals surface area contributed by atoms with Crippen LogP contribution in [0.1, 0.15) is 39.0 Å². The van der Waals surface area contributed by atoms with Gasteiger partial charge in [0.1, 0.15) is 5.82 Å². The van der Waals surface area contributed by atoms with Crippen LogP contribution in [0.15, 0.2) is 24.3 Å². The predicted molar refractivity (Wildman–Crippen MR) is 74.7 cm³/mol. The minimum Gasteiger partial charge on any atom is -0.382 e. The molecule has 3 rings (SSSR count). The van der Waals surface area contributed by atoms with Crippen molar-refractivity contribution in [2.45, 2.75) is 51.2 Å². The van der Waals surface area contributed by atoms with Gasteiger partial charge >= 0.3 is 0 Å². The first-order valence-corrected chi connectivity index (χ1v) is 7.32. The summed E-state index contributed by atoms with van der Waals surface area (Å²) in [5.41, 5.74) is 1.23.